The van der Waals surface area contributed by atoms with Gasteiger partial charge in [-0.25, -0.2) is 0 Å². The molecule has 0 aromatic heterocycles. The monoisotopic (exact) mass is 262 g/mol. The van der Waals surface area contributed by atoms with E-state index in [4.69, 9.17) is 4.74 Å². The lowest BCUT2D eigenvalue weighted by molar-refractivity contribution is -0.135. The molecule has 0 aromatic carbocycles. The third-order valence-corrected chi connectivity index (χ3v) is 3.58. The fourth-order valence-corrected chi connectivity index (χ4v) is 2.43. The Morgan fingerprint density at radius 2 is 2.00 bits per heavy atom. The molecule has 1 amide bonds. The number of hydrogen-bond acceptors (Lipinski definition) is 3. The minimum absolute atomic E-state index is 0. The van der Waals surface area contributed by atoms with Gasteiger partial charge in [0.05, 0.1) is 6.61 Å². The third kappa shape index (κ3) is 4.45. The Morgan fingerprint density at radius 1 is 1.29 bits per heavy atom. The summed E-state index contributed by atoms with van der Waals surface area (Å²) < 4.78 is 5.43. The summed E-state index contributed by atoms with van der Waals surface area (Å²) in [4.78, 5) is 11.9. The van der Waals surface area contributed by atoms with Gasteiger partial charge in [0.15, 0.2) is 0 Å². The number of carbonyl (C=O) groups excluding carboxylic acids is 1. The summed E-state index contributed by atoms with van der Waals surface area (Å²) in [6.45, 7) is 4.42. The fourth-order valence-electron chi connectivity index (χ4n) is 2.43. The number of halogens is 1. The fraction of sp³-hybridized carbons (Fsp3) is 0.917. The highest BCUT2D eigenvalue weighted by Crippen LogP contribution is 2.23. The Morgan fingerprint density at radius 3 is 2.59 bits per heavy atom. The summed E-state index contributed by atoms with van der Waals surface area (Å²) in [6, 6.07) is 0.370. The second kappa shape index (κ2) is 7.19. The van der Waals surface area contributed by atoms with Crippen LogP contribution in [0.25, 0.3) is 0 Å². The van der Waals surface area contributed by atoms with Crippen LogP contribution in [0.5, 0.6) is 0 Å². The molecule has 0 bridgehead atoms. The maximum absolute atomic E-state index is 11.9. The first-order valence-electron chi connectivity index (χ1n) is 6.38. The predicted molar refractivity (Wildman–Crippen MR) is 69.4 cm³/mol. The Kier molecular flexibility index (Phi) is 6.23. The highest BCUT2D eigenvalue weighted by Gasteiger charge is 2.25. The molecule has 0 radical (unpaired) electrons. The molecule has 2 aliphatic rings. The molecule has 1 atom stereocenters. The van der Waals surface area contributed by atoms with E-state index < -0.39 is 0 Å². The van der Waals surface area contributed by atoms with Crippen molar-refractivity contribution < 1.29 is 9.53 Å². The van der Waals surface area contributed by atoms with Gasteiger partial charge >= 0.3 is 0 Å². The smallest absolute Gasteiger partial charge is 0.250 e. The zero-order valence-corrected chi connectivity index (χ0v) is 11.2. The molecule has 1 saturated heterocycles. The van der Waals surface area contributed by atoms with Crippen molar-refractivity contribution >= 4 is 18.3 Å². The Hall–Kier alpha value is -0.320. The van der Waals surface area contributed by atoms with Crippen LogP contribution in [-0.4, -0.2) is 37.7 Å². The molecule has 17 heavy (non-hydrogen) atoms. The van der Waals surface area contributed by atoms with Gasteiger partial charge in [0.25, 0.3) is 5.91 Å². The summed E-state index contributed by atoms with van der Waals surface area (Å²) in [7, 11) is 0. The molecule has 0 spiro atoms. The van der Waals surface area contributed by atoms with Gasteiger partial charge in [-0.3, -0.25) is 4.79 Å². The van der Waals surface area contributed by atoms with E-state index in [1.54, 1.807) is 0 Å². The topological polar surface area (TPSA) is 50.4 Å². The molecule has 2 fully saturated rings. The number of nitrogens with one attached hydrogen (secondary N) is 2. The van der Waals surface area contributed by atoms with Crippen LogP contribution >= 0.6 is 12.4 Å². The number of hydrogen-bond donors (Lipinski definition) is 2. The standard InChI is InChI=1S/C12H22N2O2.ClH/c1-9-2-4-10(5-3-9)14-12(15)11-8-13-6-7-16-11;/h9-11,13H,2-8H2,1H3,(H,14,15);1H. The van der Waals surface area contributed by atoms with Gasteiger partial charge in [-0.1, -0.05) is 6.92 Å². The van der Waals surface area contributed by atoms with E-state index >= 15 is 0 Å². The predicted octanol–water partition coefficient (Wildman–Crippen LogP) is 1.09. The maximum Gasteiger partial charge on any atom is 0.250 e. The average Bonchev–Trinajstić information content (AvgIpc) is 2.33. The molecule has 100 valence electrons. The van der Waals surface area contributed by atoms with Crippen molar-refractivity contribution in [1.82, 2.24) is 10.6 Å². The van der Waals surface area contributed by atoms with Crippen molar-refractivity contribution in [3.8, 4) is 0 Å². The third-order valence-electron chi connectivity index (χ3n) is 3.58. The highest BCUT2D eigenvalue weighted by molar-refractivity contribution is 5.85. The summed E-state index contributed by atoms with van der Waals surface area (Å²) in [6.07, 6.45) is 4.41. The molecule has 2 N–H and O–H groups in total. The van der Waals surface area contributed by atoms with E-state index in [1.807, 2.05) is 0 Å². The van der Waals surface area contributed by atoms with Gasteiger partial charge in [-0.05, 0) is 31.6 Å². The van der Waals surface area contributed by atoms with Gasteiger partial charge < -0.3 is 15.4 Å². The number of ether oxygens (including phenoxy) is 1. The van der Waals surface area contributed by atoms with Crippen LogP contribution in [-0.2, 0) is 9.53 Å². The van der Waals surface area contributed by atoms with Gasteiger partial charge in [0.2, 0.25) is 0 Å². The van der Waals surface area contributed by atoms with Crippen LogP contribution in [0.3, 0.4) is 0 Å². The minimum atomic E-state index is -0.284. The Labute approximate surface area is 109 Å². The van der Waals surface area contributed by atoms with Gasteiger partial charge in [0.1, 0.15) is 6.10 Å². The van der Waals surface area contributed by atoms with Crippen LogP contribution in [0.4, 0.5) is 0 Å². The first kappa shape index (κ1) is 14.7. The van der Waals surface area contributed by atoms with Crippen molar-refractivity contribution in [2.75, 3.05) is 19.7 Å². The van der Waals surface area contributed by atoms with Crippen LogP contribution in [0, 0.1) is 5.92 Å². The summed E-state index contributed by atoms with van der Waals surface area (Å²) in [5, 5.41) is 6.28. The first-order chi connectivity index (χ1) is 7.75. The average molecular weight is 263 g/mol. The van der Waals surface area contributed by atoms with Crippen molar-refractivity contribution in [2.45, 2.75) is 44.8 Å². The number of amides is 1. The van der Waals surface area contributed by atoms with E-state index in [2.05, 4.69) is 17.6 Å². The summed E-state index contributed by atoms with van der Waals surface area (Å²) in [5.41, 5.74) is 0. The van der Waals surface area contributed by atoms with E-state index in [1.165, 1.54) is 12.8 Å². The van der Waals surface area contributed by atoms with Crippen molar-refractivity contribution in [2.24, 2.45) is 5.92 Å². The van der Waals surface area contributed by atoms with Crippen molar-refractivity contribution in [1.29, 1.82) is 0 Å². The summed E-state index contributed by atoms with van der Waals surface area (Å²) >= 11 is 0. The van der Waals surface area contributed by atoms with E-state index in [9.17, 15) is 4.79 Å². The van der Waals surface area contributed by atoms with Crippen LogP contribution in [0.15, 0.2) is 0 Å². The zero-order valence-electron chi connectivity index (χ0n) is 10.4. The SMILES string of the molecule is CC1CCC(NC(=O)C2CNCCO2)CC1.Cl. The normalized spacial score (nSPS) is 33.6. The molecule has 1 unspecified atom stereocenters. The minimum Gasteiger partial charge on any atom is -0.366 e. The van der Waals surface area contributed by atoms with Crippen molar-refractivity contribution in [3.63, 3.8) is 0 Å². The van der Waals surface area contributed by atoms with E-state index in [0.717, 1.165) is 25.3 Å². The molecular weight excluding hydrogens is 240 g/mol. The molecule has 1 saturated carbocycles. The Balaban J connectivity index is 0.00000144. The molecule has 4 nitrogen and oxygen atoms in total. The number of rotatable bonds is 2. The van der Waals surface area contributed by atoms with E-state index in [0.29, 0.717) is 19.2 Å². The van der Waals surface area contributed by atoms with Gasteiger partial charge in [-0.2, -0.15) is 0 Å². The largest absolute Gasteiger partial charge is 0.366 e. The second-order valence-electron chi connectivity index (χ2n) is 5.03. The van der Waals surface area contributed by atoms with Gasteiger partial charge in [-0.15, -0.1) is 12.4 Å². The van der Waals surface area contributed by atoms with Gasteiger partial charge in [0, 0.05) is 19.1 Å². The Bertz CT molecular complexity index is 237. The highest BCUT2D eigenvalue weighted by atomic mass is 35.5. The number of morpholine rings is 1. The van der Waals surface area contributed by atoms with Crippen molar-refractivity contribution in [3.05, 3.63) is 0 Å². The zero-order chi connectivity index (χ0) is 11.4. The van der Waals surface area contributed by atoms with Crippen LogP contribution in [0.2, 0.25) is 0 Å². The second-order valence-corrected chi connectivity index (χ2v) is 5.03. The van der Waals surface area contributed by atoms with E-state index in [-0.39, 0.29) is 24.4 Å². The summed E-state index contributed by atoms with van der Waals surface area (Å²) in [5.74, 6) is 0.882. The lowest BCUT2D eigenvalue weighted by Crippen LogP contribution is -2.50. The quantitative estimate of drug-likeness (QED) is 0.783. The first-order valence-corrected chi connectivity index (χ1v) is 6.38. The molecule has 1 heterocycles. The number of carbonyl (C=O) groups is 1. The molecule has 1 aliphatic carbocycles. The van der Waals surface area contributed by atoms with Crippen LogP contribution < -0.4 is 10.6 Å². The molecule has 2 rings (SSSR count). The lowest BCUT2D eigenvalue weighted by Gasteiger charge is -2.29. The molecule has 5 heteroatoms. The lowest BCUT2D eigenvalue weighted by atomic mass is 9.87. The molecular formula is C12H23ClN2O2. The molecule has 1 aliphatic heterocycles. The van der Waals surface area contributed by atoms with Crippen LogP contribution in [0.1, 0.15) is 32.6 Å². The maximum atomic E-state index is 11.9. The molecule has 0 aromatic rings.